The van der Waals surface area contributed by atoms with Crippen LogP contribution in [0.1, 0.15) is 20.8 Å². The van der Waals surface area contributed by atoms with E-state index in [0.29, 0.717) is 13.2 Å². The molecule has 9 heavy (non-hydrogen) atoms. The fourth-order valence-corrected chi connectivity index (χ4v) is 0.743. The summed E-state index contributed by atoms with van der Waals surface area (Å²) in [6.07, 6.45) is 0. The summed E-state index contributed by atoms with van der Waals surface area (Å²) >= 11 is 0. The van der Waals surface area contributed by atoms with E-state index in [9.17, 15) is 0 Å². The summed E-state index contributed by atoms with van der Waals surface area (Å²) in [4.78, 5) is 0. The predicted molar refractivity (Wildman–Crippen MR) is 35.3 cm³/mol. The Balaban J connectivity index is 2.61. The van der Waals surface area contributed by atoms with Gasteiger partial charge in [-0.1, -0.05) is 0 Å². The highest BCUT2D eigenvalue weighted by Gasteiger charge is 2.36. The van der Waals surface area contributed by atoms with E-state index in [4.69, 9.17) is 9.16 Å². The first-order chi connectivity index (χ1) is 4.11. The minimum absolute atomic E-state index is 0.0521. The van der Waals surface area contributed by atoms with E-state index < -0.39 is 0 Å². The number of ether oxygens (including phenoxy) is 1. The molecule has 52 valence electrons. The average molecular weight is 129 g/mol. The Morgan fingerprint density at radius 3 is 2.33 bits per heavy atom. The third-order valence-electron chi connectivity index (χ3n) is 1.16. The molecule has 0 unspecified atom stereocenters. The van der Waals surface area contributed by atoms with Crippen LogP contribution < -0.4 is 0 Å². The van der Waals surface area contributed by atoms with Crippen LogP contribution in [0.25, 0.3) is 0 Å². The second-order valence-corrected chi connectivity index (χ2v) is 3.23. The van der Waals surface area contributed by atoms with E-state index in [-0.39, 0.29) is 5.41 Å². The predicted octanol–water partition coefficient (Wildman–Crippen LogP) is 1.12. The lowest BCUT2D eigenvalue weighted by atomic mass is 9.98. The molecule has 0 aromatic heterocycles. The Morgan fingerprint density at radius 1 is 1.44 bits per heavy atom. The monoisotopic (exact) mass is 129 g/mol. The topological polar surface area (TPSA) is 20.5 Å². The Bertz CT molecular complexity index is 130. The summed E-state index contributed by atoms with van der Waals surface area (Å²) in [5.41, 5.74) is 0.0521. The highest BCUT2D eigenvalue weighted by Crippen LogP contribution is 2.17. The first-order valence-corrected chi connectivity index (χ1v) is 3.24. The van der Waals surface area contributed by atoms with Crippen molar-refractivity contribution in [1.29, 1.82) is 0 Å². The van der Waals surface area contributed by atoms with E-state index in [0.717, 1.165) is 5.97 Å². The first-order valence-electron chi connectivity index (χ1n) is 3.24. The van der Waals surface area contributed by atoms with Crippen LogP contribution in [0, 0.1) is 5.41 Å². The molecule has 1 aliphatic rings. The zero-order chi connectivity index (χ0) is 6.91. The van der Waals surface area contributed by atoms with Crippen molar-refractivity contribution in [1.82, 2.24) is 0 Å². The minimum atomic E-state index is 0.0521. The van der Waals surface area contributed by atoms with Crippen molar-refractivity contribution in [2.75, 3.05) is 13.2 Å². The maximum absolute atomic E-state index is 5.21. The molecule has 0 N–H and O–H groups in total. The summed E-state index contributed by atoms with van der Waals surface area (Å²) in [5, 5.41) is 0. The second kappa shape index (κ2) is 2.01. The number of hydrogen-bond acceptors (Lipinski definition) is 1. The van der Waals surface area contributed by atoms with E-state index in [1.54, 1.807) is 0 Å². The van der Waals surface area contributed by atoms with Crippen molar-refractivity contribution in [2.45, 2.75) is 20.8 Å². The van der Waals surface area contributed by atoms with Gasteiger partial charge in [0.25, 0.3) is 0 Å². The van der Waals surface area contributed by atoms with Crippen LogP contribution in [0.15, 0.2) is 0 Å². The quantitative estimate of drug-likeness (QED) is 0.354. The lowest BCUT2D eigenvalue weighted by Crippen LogP contribution is -2.21. The van der Waals surface area contributed by atoms with Gasteiger partial charge in [0.1, 0.15) is 5.41 Å². The molecule has 0 saturated carbocycles. The largest absolute Gasteiger partial charge is 0.490 e. The normalized spacial score (nSPS) is 19.2. The maximum atomic E-state index is 5.21. The molecule has 0 fully saturated rings. The van der Waals surface area contributed by atoms with Gasteiger partial charge in [-0.3, -0.25) is 0 Å². The van der Waals surface area contributed by atoms with Crippen LogP contribution in [0.5, 0.6) is 0 Å². The molecular formula is C7H13O2+. The zero-order valence-corrected chi connectivity index (χ0v) is 6.23. The van der Waals surface area contributed by atoms with Crippen molar-refractivity contribution < 1.29 is 9.16 Å². The minimum Gasteiger partial charge on any atom is -0.315 e. The average Bonchev–Trinajstić information content (AvgIpc) is 2.08. The van der Waals surface area contributed by atoms with Gasteiger partial charge < -0.3 is 9.16 Å². The van der Waals surface area contributed by atoms with Crippen molar-refractivity contribution >= 4 is 5.97 Å². The summed E-state index contributed by atoms with van der Waals surface area (Å²) in [5.74, 6) is 0.780. The van der Waals surface area contributed by atoms with Gasteiger partial charge in [-0.05, 0) is 20.8 Å². The third kappa shape index (κ3) is 1.44. The van der Waals surface area contributed by atoms with Crippen LogP contribution in [-0.4, -0.2) is 19.2 Å². The zero-order valence-electron chi connectivity index (χ0n) is 6.23. The van der Waals surface area contributed by atoms with Crippen LogP contribution in [0.4, 0.5) is 0 Å². The molecule has 0 radical (unpaired) electrons. The van der Waals surface area contributed by atoms with E-state index in [1.807, 2.05) is 0 Å². The summed E-state index contributed by atoms with van der Waals surface area (Å²) < 4.78 is 10.4. The summed E-state index contributed by atoms with van der Waals surface area (Å²) in [6, 6.07) is 0. The lowest BCUT2D eigenvalue weighted by Gasteiger charge is -2.05. The van der Waals surface area contributed by atoms with E-state index >= 15 is 0 Å². The van der Waals surface area contributed by atoms with Crippen LogP contribution in [-0.2, 0) is 9.16 Å². The van der Waals surface area contributed by atoms with Crippen molar-refractivity contribution in [2.24, 2.45) is 5.41 Å². The molecular weight excluding hydrogens is 116 g/mol. The van der Waals surface area contributed by atoms with Gasteiger partial charge in [-0.15, -0.1) is 0 Å². The molecule has 1 rings (SSSR count). The van der Waals surface area contributed by atoms with Crippen LogP contribution in [0.3, 0.4) is 0 Å². The second-order valence-electron chi connectivity index (χ2n) is 3.23. The highest BCUT2D eigenvalue weighted by atomic mass is 16.6. The number of rotatable bonds is 0. The molecule has 0 saturated heterocycles. The number of hydrogen-bond donors (Lipinski definition) is 0. The third-order valence-corrected chi connectivity index (χ3v) is 1.16. The van der Waals surface area contributed by atoms with Crippen molar-refractivity contribution in [3.63, 3.8) is 0 Å². The molecule has 0 bridgehead atoms. The molecule has 0 aromatic rings. The van der Waals surface area contributed by atoms with Gasteiger partial charge in [-0.2, -0.15) is 0 Å². The molecule has 1 aliphatic heterocycles. The highest BCUT2D eigenvalue weighted by molar-refractivity contribution is 5.76. The molecule has 0 spiro atoms. The fourth-order valence-electron chi connectivity index (χ4n) is 0.743. The molecule has 0 atom stereocenters. The standard InChI is InChI=1S/C7H13O2/c1-7(2,3)6-8-4-5-9-6/h4-5H2,1-3H3/q+1. The fraction of sp³-hybridized carbons (Fsp3) is 0.857. The van der Waals surface area contributed by atoms with Crippen LogP contribution in [0.2, 0.25) is 0 Å². The van der Waals surface area contributed by atoms with Crippen LogP contribution >= 0.6 is 0 Å². The Kier molecular flexibility index (Phi) is 1.47. The van der Waals surface area contributed by atoms with Crippen molar-refractivity contribution in [3.8, 4) is 0 Å². The molecule has 2 nitrogen and oxygen atoms in total. The Morgan fingerprint density at radius 2 is 2.11 bits per heavy atom. The van der Waals surface area contributed by atoms with Gasteiger partial charge in [0.05, 0.1) is 0 Å². The SMILES string of the molecule is CC(C)(C)C1=[O+]CCO1. The molecule has 1 heterocycles. The summed E-state index contributed by atoms with van der Waals surface area (Å²) in [7, 11) is 0. The number of esters is 1. The van der Waals surface area contributed by atoms with Gasteiger partial charge in [-0.25, -0.2) is 0 Å². The number of cyclic esters (lactones) is 1. The Labute approximate surface area is 55.5 Å². The van der Waals surface area contributed by atoms with Gasteiger partial charge in [0.2, 0.25) is 13.2 Å². The van der Waals surface area contributed by atoms with Gasteiger partial charge >= 0.3 is 5.97 Å². The molecule has 0 amide bonds. The van der Waals surface area contributed by atoms with E-state index in [2.05, 4.69) is 20.8 Å². The first kappa shape index (κ1) is 6.59. The smallest absolute Gasteiger partial charge is 0.315 e. The van der Waals surface area contributed by atoms with Crippen molar-refractivity contribution in [3.05, 3.63) is 0 Å². The van der Waals surface area contributed by atoms with Gasteiger partial charge in [0, 0.05) is 0 Å². The maximum Gasteiger partial charge on any atom is 0.490 e. The Hall–Kier alpha value is -0.530. The lowest BCUT2D eigenvalue weighted by molar-refractivity contribution is -0.449. The summed E-state index contributed by atoms with van der Waals surface area (Å²) in [6.45, 7) is 7.66. The van der Waals surface area contributed by atoms with Gasteiger partial charge in [0.15, 0.2) is 0 Å². The number of carbonyl (C=O) groups excluding carboxylic acids is 1. The molecule has 2 heteroatoms. The molecule has 0 aromatic carbocycles. The van der Waals surface area contributed by atoms with E-state index in [1.165, 1.54) is 0 Å². The molecule has 0 aliphatic carbocycles.